The molecule has 1 fully saturated rings. The molecule has 0 aliphatic carbocycles. The van der Waals surface area contributed by atoms with E-state index in [0.29, 0.717) is 6.04 Å². The van der Waals surface area contributed by atoms with Gasteiger partial charge in [0.1, 0.15) is 0 Å². The quantitative estimate of drug-likeness (QED) is 0.844. The van der Waals surface area contributed by atoms with Crippen molar-refractivity contribution < 1.29 is 9.84 Å². The third-order valence-corrected chi connectivity index (χ3v) is 4.21. The average Bonchev–Trinajstić information content (AvgIpc) is 2.49. The average molecular weight is 313 g/mol. The Bertz CT molecular complexity index is 427. The summed E-state index contributed by atoms with van der Waals surface area (Å²) in [6, 6.07) is 8.32. The number of aliphatic hydroxyl groups excluding tert-OH is 1. The fourth-order valence-corrected chi connectivity index (χ4v) is 3.03. The van der Waals surface area contributed by atoms with Gasteiger partial charge in [0.2, 0.25) is 0 Å². The van der Waals surface area contributed by atoms with E-state index in [2.05, 4.69) is 29.3 Å². The van der Waals surface area contributed by atoms with Crippen molar-refractivity contribution in [3.63, 3.8) is 0 Å². The van der Waals surface area contributed by atoms with Crippen LogP contribution in [0.2, 0.25) is 5.02 Å². The van der Waals surface area contributed by atoms with E-state index in [0.717, 1.165) is 31.1 Å². The van der Waals surface area contributed by atoms with Gasteiger partial charge in [0.25, 0.3) is 0 Å². The summed E-state index contributed by atoms with van der Waals surface area (Å²) in [6.07, 6.45) is 1.14. The zero-order valence-electron chi connectivity index (χ0n) is 12.8. The summed E-state index contributed by atoms with van der Waals surface area (Å²) in [7, 11) is 1.98. The lowest BCUT2D eigenvalue weighted by Gasteiger charge is -2.36. The molecule has 0 aromatic heterocycles. The Labute approximate surface area is 132 Å². The second-order valence-electron chi connectivity index (χ2n) is 5.69. The van der Waals surface area contributed by atoms with Crippen molar-refractivity contribution in [2.75, 3.05) is 33.3 Å². The molecule has 0 saturated carbocycles. The number of ether oxygens (including phenoxy) is 1. The van der Waals surface area contributed by atoms with Crippen LogP contribution in [0.5, 0.6) is 0 Å². The van der Waals surface area contributed by atoms with Crippen LogP contribution in [0.1, 0.15) is 24.9 Å². The Morgan fingerprint density at radius 1 is 1.38 bits per heavy atom. The normalized spacial score (nSPS) is 25.0. The van der Waals surface area contributed by atoms with E-state index in [1.807, 2.05) is 19.2 Å². The first-order valence-electron chi connectivity index (χ1n) is 7.53. The van der Waals surface area contributed by atoms with Gasteiger partial charge >= 0.3 is 0 Å². The van der Waals surface area contributed by atoms with Gasteiger partial charge in [-0.1, -0.05) is 23.7 Å². The van der Waals surface area contributed by atoms with E-state index in [1.54, 1.807) is 0 Å². The molecule has 1 aromatic carbocycles. The number of hydrogen-bond acceptors (Lipinski definition) is 4. The van der Waals surface area contributed by atoms with Crippen LogP contribution in [0.15, 0.2) is 24.3 Å². The maximum atomic E-state index is 9.28. The second-order valence-corrected chi connectivity index (χ2v) is 6.13. The maximum absolute atomic E-state index is 9.28. The lowest BCUT2D eigenvalue weighted by atomic mass is 10.0. The summed E-state index contributed by atoms with van der Waals surface area (Å²) in [6.45, 7) is 4.86. The zero-order chi connectivity index (χ0) is 15.2. The molecule has 0 bridgehead atoms. The van der Waals surface area contributed by atoms with E-state index in [1.165, 1.54) is 5.56 Å². The van der Waals surface area contributed by atoms with E-state index in [4.69, 9.17) is 16.3 Å². The van der Waals surface area contributed by atoms with Crippen LogP contribution in [0.25, 0.3) is 0 Å². The number of hydrogen-bond donors (Lipinski definition) is 2. The highest BCUT2D eigenvalue weighted by atomic mass is 35.5. The summed E-state index contributed by atoms with van der Waals surface area (Å²) >= 11 is 5.94. The summed E-state index contributed by atoms with van der Waals surface area (Å²) in [5, 5.41) is 13.4. The van der Waals surface area contributed by atoms with Gasteiger partial charge in [-0.3, -0.25) is 4.90 Å². The first-order valence-corrected chi connectivity index (χ1v) is 7.91. The first-order chi connectivity index (χ1) is 10.1. The van der Waals surface area contributed by atoms with Crippen molar-refractivity contribution in [1.29, 1.82) is 0 Å². The highest BCUT2D eigenvalue weighted by molar-refractivity contribution is 6.30. The largest absolute Gasteiger partial charge is 0.394 e. The summed E-state index contributed by atoms with van der Waals surface area (Å²) in [5.74, 6) is 0. The second kappa shape index (κ2) is 8.11. The number of halogens is 1. The van der Waals surface area contributed by atoms with Crippen molar-refractivity contribution in [3.05, 3.63) is 34.9 Å². The molecule has 0 spiro atoms. The standard InChI is InChI=1S/C16H25ClN2O2/c1-12-9-19(10-15(11-20)21-12)8-7-16(18-2)13-3-5-14(17)6-4-13/h3-6,12,15-16,18,20H,7-11H2,1-2H3. The molecule has 1 aliphatic rings. The number of benzene rings is 1. The van der Waals surface area contributed by atoms with Gasteiger partial charge in [0.15, 0.2) is 0 Å². The minimum absolute atomic E-state index is 0.0580. The molecule has 1 saturated heterocycles. The molecular weight excluding hydrogens is 288 g/mol. The molecule has 1 aromatic rings. The van der Waals surface area contributed by atoms with Gasteiger partial charge in [0.05, 0.1) is 18.8 Å². The number of morpholine rings is 1. The predicted octanol–water partition coefficient (Wildman–Crippen LogP) is 2.07. The van der Waals surface area contributed by atoms with Crippen molar-refractivity contribution in [2.45, 2.75) is 31.6 Å². The lowest BCUT2D eigenvalue weighted by molar-refractivity contribution is -0.0955. The molecule has 0 radical (unpaired) electrons. The SMILES string of the molecule is CNC(CCN1CC(C)OC(CO)C1)c1ccc(Cl)cc1. The minimum Gasteiger partial charge on any atom is -0.394 e. The molecule has 3 atom stereocenters. The van der Waals surface area contributed by atoms with Crippen molar-refractivity contribution in [2.24, 2.45) is 0 Å². The molecule has 2 rings (SSSR count). The Morgan fingerprint density at radius 2 is 2.10 bits per heavy atom. The highest BCUT2D eigenvalue weighted by Crippen LogP contribution is 2.20. The zero-order valence-corrected chi connectivity index (χ0v) is 13.5. The molecule has 0 amide bonds. The van der Waals surface area contributed by atoms with E-state index in [9.17, 15) is 5.11 Å². The fraction of sp³-hybridized carbons (Fsp3) is 0.625. The topological polar surface area (TPSA) is 44.7 Å². The molecular formula is C16H25ClN2O2. The maximum Gasteiger partial charge on any atom is 0.0936 e. The predicted molar refractivity (Wildman–Crippen MR) is 85.7 cm³/mol. The van der Waals surface area contributed by atoms with Crippen molar-refractivity contribution in [1.82, 2.24) is 10.2 Å². The molecule has 3 unspecified atom stereocenters. The Hall–Kier alpha value is -0.650. The first kappa shape index (κ1) is 16.7. The summed E-state index contributed by atoms with van der Waals surface area (Å²) < 4.78 is 5.67. The van der Waals surface area contributed by atoms with Crippen LogP contribution in [-0.4, -0.2) is 55.5 Å². The lowest BCUT2D eigenvalue weighted by Crippen LogP contribution is -2.48. The Balaban J connectivity index is 1.89. The number of rotatable bonds is 6. The molecule has 2 N–H and O–H groups in total. The van der Waals surface area contributed by atoms with Gasteiger partial charge in [-0.25, -0.2) is 0 Å². The smallest absolute Gasteiger partial charge is 0.0936 e. The summed E-state index contributed by atoms with van der Waals surface area (Å²) in [5.41, 5.74) is 1.25. The molecule has 1 heterocycles. The third kappa shape index (κ3) is 4.94. The van der Waals surface area contributed by atoms with Gasteiger partial charge < -0.3 is 15.2 Å². The van der Waals surface area contributed by atoms with Crippen LogP contribution in [0.4, 0.5) is 0 Å². The van der Waals surface area contributed by atoms with Gasteiger partial charge in [-0.2, -0.15) is 0 Å². The van der Waals surface area contributed by atoms with E-state index < -0.39 is 0 Å². The third-order valence-electron chi connectivity index (χ3n) is 3.96. The van der Waals surface area contributed by atoms with Crippen LogP contribution in [0.3, 0.4) is 0 Å². The van der Waals surface area contributed by atoms with Gasteiger partial charge in [-0.05, 0) is 38.1 Å². The van der Waals surface area contributed by atoms with Crippen LogP contribution in [-0.2, 0) is 4.74 Å². The number of aliphatic hydroxyl groups is 1. The number of nitrogens with one attached hydrogen (secondary N) is 1. The van der Waals surface area contributed by atoms with Crippen LogP contribution in [0, 0.1) is 0 Å². The molecule has 1 aliphatic heterocycles. The van der Waals surface area contributed by atoms with Crippen molar-refractivity contribution in [3.8, 4) is 0 Å². The van der Waals surface area contributed by atoms with E-state index >= 15 is 0 Å². The van der Waals surface area contributed by atoms with Crippen molar-refractivity contribution >= 4 is 11.6 Å². The van der Waals surface area contributed by atoms with Crippen LogP contribution >= 0.6 is 11.6 Å². The summed E-state index contributed by atoms with van der Waals surface area (Å²) in [4.78, 5) is 2.37. The monoisotopic (exact) mass is 312 g/mol. The molecule has 21 heavy (non-hydrogen) atoms. The van der Waals surface area contributed by atoms with Gasteiger partial charge in [0, 0.05) is 30.7 Å². The fourth-order valence-electron chi connectivity index (χ4n) is 2.91. The molecule has 4 nitrogen and oxygen atoms in total. The van der Waals surface area contributed by atoms with Crippen LogP contribution < -0.4 is 5.32 Å². The molecule has 5 heteroatoms. The number of nitrogens with zero attached hydrogens (tertiary/aromatic N) is 1. The van der Waals surface area contributed by atoms with E-state index in [-0.39, 0.29) is 18.8 Å². The minimum atomic E-state index is -0.0580. The Morgan fingerprint density at radius 3 is 2.71 bits per heavy atom. The highest BCUT2D eigenvalue weighted by Gasteiger charge is 2.25. The molecule has 118 valence electrons. The van der Waals surface area contributed by atoms with Gasteiger partial charge in [-0.15, -0.1) is 0 Å². The Kier molecular flexibility index (Phi) is 6.45.